The van der Waals surface area contributed by atoms with E-state index in [2.05, 4.69) is 6.58 Å². The first kappa shape index (κ1) is 13.7. The largest absolute Gasteiger partial charge is 0.323 e. The second kappa shape index (κ2) is 7.02. The van der Waals surface area contributed by atoms with Crippen molar-refractivity contribution in [3.63, 3.8) is 0 Å². The fourth-order valence-electron chi connectivity index (χ4n) is 1.81. The van der Waals surface area contributed by atoms with Gasteiger partial charge in [-0.25, -0.2) is 0 Å². The summed E-state index contributed by atoms with van der Waals surface area (Å²) in [6.45, 7) is 5.56. The zero-order chi connectivity index (χ0) is 12.7. The average Bonchev–Trinajstić information content (AvgIpc) is 2.38. The van der Waals surface area contributed by atoms with Gasteiger partial charge in [0.15, 0.2) is 0 Å². The Bertz CT molecular complexity index is 358. The van der Waals surface area contributed by atoms with Gasteiger partial charge in [-0.2, -0.15) is 0 Å². The maximum atomic E-state index is 11.9. The Balaban J connectivity index is 2.54. The molecule has 0 aliphatic carbocycles. The summed E-state index contributed by atoms with van der Waals surface area (Å²) in [6, 6.07) is 9.59. The normalized spacial score (nSPS) is 14.0. The lowest BCUT2D eigenvalue weighted by Gasteiger charge is -2.19. The molecule has 0 aliphatic rings. The molecule has 17 heavy (non-hydrogen) atoms. The average molecular weight is 231 g/mol. The number of hydrogen-bond acceptors (Lipinski definition) is 2. The third-order valence-electron chi connectivity index (χ3n) is 3.06. The van der Waals surface area contributed by atoms with Crippen LogP contribution in [0.3, 0.4) is 0 Å². The van der Waals surface area contributed by atoms with Gasteiger partial charge in [-0.05, 0) is 18.4 Å². The van der Waals surface area contributed by atoms with Crippen LogP contribution in [0.15, 0.2) is 43.0 Å². The minimum Gasteiger partial charge on any atom is -0.323 e. The molecule has 0 saturated heterocycles. The Labute approximate surface area is 104 Å². The molecule has 1 aromatic carbocycles. The molecule has 2 unspecified atom stereocenters. The zero-order valence-corrected chi connectivity index (χ0v) is 10.4. The third kappa shape index (κ3) is 4.16. The van der Waals surface area contributed by atoms with Crippen LogP contribution in [-0.4, -0.2) is 5.78 Å². The fourth-order valence-corrected chi connectivity index (χ4v) is 1.81. The smallest absolute Gasteiger partial charge is 0.137 e. The van der Waals surface area contributed by atoms with Crippen LogP contribution >= 0.6 is 0 Å². The molecule has 0 aromatic heterocycles. The SMILES string of the molecule is C=CCCCC(=O)C(C)C(N)c1ccccc1. The molecule has 0 saturated carbocycles. The summed E-state index contributed by atoms with van der Waals surface area (Å²) < 4.78 is 0. The van der Waals surface area contributed by atoms with E-state index in [4.69, 9.17) is 5.73 Å². The molecule has 2 heteroatoms. The number of unbranched alkanes of at least 4 members (excludes halogenated alkanes) is 1. The zero-order valence-electron chi connectivity index (χ0n) is 10.4. The second-order valence-corrected chi connectivity index (χ2v) is 4.37. The van der Waals surface area contributed by atoms with Crippen LogP contribution in [0.4, 0.5) is 0 Å². The first-order valence-corrected chi connectivity index (χ1v) is 6.11. The van der Waals surface area contributed by atoms with Crippen molar-refractivity contribution in [2.45, 2.75) is 32.2 Å². The lowest BCUT2D eigenvalue weighted by Crippen LogP contribution is -2.25. The highest BCUT2D eigenvalue weighted by Crippen LogP contribution is 2.21. The van der Waals surface area contributed by atoms with Crippen LogP contribution in [0.5, 0.6) is 0 Å². The molecule has 0 radical (unpaired) electrons. The maximum Gasteiger partial charge on any atom is 0.137 e. The second-order valence-electron chi connectivity index (χ2n) is 4.37. The van der Waals surface area contributed by atoms with Crippen molar-refractivity contribution >= 4 is 5.78 Å². The Morgan fingerprint density at radius 2 is 2.06 bits per heavy atom. The molecule has 0 bridgehead atoms. The maximum absolute atomic E-state index is 11.9. The molecular formula is C15H21NO. The number of benzene rings is 1. The third-order valence-corrected chi connectivity index (χ3v) is 3.06. The van der Waals surface area contributed by atoms with Gasteiger partial charge in [-0.3, -0.25) is 4.79 Å². The van der Waals surface area contributed by atoms with Crippen LogP contribution in [-0.2, 0) is 4.79 Å². The molecule has 2 N–H and O–H groups in total. The van der Waals surface area contributed by atoms with E-state index in [9.17, 15) is 4.79 Å². The summed E-state index contributed by atoms with van der Waals surface area (Å²) in [5, 5.41) is 0. The van der Waals surface area contributed by atoms with Crippen molar-refractivity contribution in [2.75, 3.05) is 0 Å². The number of carbonyl (C=O) groups is 1. The quantitative estimate of drug-likeness (QED) is 0.578. The van der Waals surface area contributed by atoms with E-state index in [0.717, 1.165) is 18.4 Å². The van der Waals surface area contributed by atoms with Gasteiger partial charge in [0, 0.05) is 18.4 Å². The lowest BCUT2D eigenvalue weighted by atomic mass is 9.90. The summed E-state index contributed by atoms with van der Waals surface area (Å²) in [4.78, 5) is 11.9. The minimum atomic E-state index is -0.201. The van der Waals surface area contributed by atoms with Gasteiger partial charge >= 0.3 is 0 Å². The number of hydrogen-bond donors (Lipinski definition) is 1. The number of ketones is 1. The van der Waals surface area contributed by atoms with Crippen molar-refractivity contribution in [1.82, 2.24) is 0 Å². The highest BCUT2D eigenvalue weighted by atomic mass is 16.1. The van der Waals surface area contributed by atoms with Crippen LogP contribution in [0.25, 0.3) is 0 Å². The molecule has 0 heterocycles. The lowest BCUT2D eigenvalue weighted by molar-refractivity contribution is -0.123. The van der Waals surface area contributed by atoms with Gasteiger partial charge in [0.1, 0.15) is 5.78 Å². The first-order chi connectivity index (χ1) is 8.16. The molecule has 0 amide bonds. The number of allylic oxidation sites excluding steroid dienone is 1. The Morgan fingerprint density at radius 1 is 1.41 bits per heavy atom. The molecule has 0 aliphatic heterocycles. The van der Waals surface area contributed by atoms with E-state index in [1.54, 1.807) is 0 Å². The highest BCUT2D eigenvalue weighted by molar-refractivity contribution is 5.81. The number of Topliss-reactive ketones (excluding diaryl/α,β-unsaturated/α-hetero) is 1. The Hall–Kier alpha value is -1.41. The summed E-state index contributed by atoms with van der Waals surface area (Å²) in [5.41, 5.74) is 7.13. The molecular weight excluding hydrogens is 210 g/mol. The van der Waals surface area contributed by atoms with E-state index >= 15 is 0 Å². The van der Waals surface area contributed by atoms with E-state index < -0.39 is 0 Å². The van der Waals surface area contributed by atoms with Gasteiger partial charge in [-0.15, -0.1) is 6.58 Å². The standard InChI is InChI=1S/C15H21NO/c1-3-4-6-11-14(17)12(2)15(16)13-9-7-5-8-10-13/h3,5,7-10,12,15H,1,4,6,11,16H2,2H3. The summed E-state index contributed by atoms with van der Waals surface area (Å²) in [7, 11) is 0. The van der Waals surface area contributed by atoms with Gasteiger partial charge in [0.2, 0.25) is 0 Å². The van der Waals surface area contributed by atoms with E-state index in [1.165, 1.54) is 0 Å². The minimum absolute atomic E-state index is 0.123. The van der Waals surface area contributed by atoms with Gasteiger partial charge < -0.3 is 5.73 Å². The molecule has 2 atom stereocenters. The van der Waals surface area contributed by atoms with E-state index in [-0.39, 0.29) is 17.7 Å². The Kier molecular flexibility index (Phi) is 5.64. The molecule has 0 fully saturated rings. The van der Waals surface area contributed by atoms with Crippen molar-refractivity contribution in [3.05, 3.63) is 48.6 Å². The predicted octanol–water partition coefficient (Wildman–Crippen LogP) is 3.25. The topological polar surface area (TPSA) is 43.1 Å². The molecule has 0 spiro atoms. The van der Waals surface area contributed by atoms with E-state index in [1.807, 2.05) is 43.3 Å². The number of nitrogens with two attached hydrogens (primary N) is 1. The van der Waals surface area contributed by atoms with Crippen LogP contribution < -0.4 is 5.73 Å². The number of rotatable bonds is 7. The molecule has 92 valence electrons. The summed E-state index contributed by atoms with van der Waals surface area (Å²) in [6.07, 6.45) is 4.19. The first-order valence-electron chi connectivity index (χ1n) is 6.11. The molecule has 1 aromatic rings. The monoisotopic (exact) mass is 231 g/mol. The number of carbonyl (C=O) groups excluding carboxylic acids is 1. The summed E-state index contributed by atoms with van der Waals surface area (Å²) >= 11 is 0. The fraction of sp³-hybridized carbons (Fsp3) is 0.400. The van der Waals surface area contributed by atoms with Crippen LogP contribution in [0.1, 0.15) is 37.8 Å². The summed E-state index contributed by atoms with van der Waals surface area (Å²) in [5.74, 6) is 0.116. The van der Waals surface area contributed by atoms with Crippen molar-refractivity contribution in [3.8, 4) is 0 Å². The van der Waals surface area contributed by atoms with Gasteiger partial charge in [0.25, 0.3) is 0 Å². The van der Waals surface area contributed by atoms with E-state index in [0.29, 0.717) is 6.42 Å². The Morgan fingerprint density at radius 3 is 2.65 bits per heavy atom. The molecule has 1 rings (SSSR count). The highest BCUT2D eigenvalue weighted by Gasteiger charge is 2.21. The predicted molar refractivity (Wildman–Crippen MR) is 71.6 cm³/mol. The van der Waals surface area contributed by atoms with Crippen molar-refractivity contribution in [1.29, 1.82) is 0 Å². The van der Waals surface area contributed by atoms with Gasteiger partial charge in [0.05, 0.1) is 0 Å². The van der Waals surface area contributed by atoms with Crippen LogP contribution in [0, 0.1) is 5.92 Å². The van der Waals surface area contributed by atoms with Crippen LogP contribution in [0.2, 0.25) is 0 Å². The van der Waals surface area contributed by atoms with Crippen molar-refractivity contribution in [2.24, 2.45) is 11.7 Å². The van der Waals surface area contributed by atoms with Gasteiger partial charge in [-0.1, -0.05) is 43.3 Å². The molecule has 2 nitrogen and oxygen atoms in total. The van der Waals surface area contributed by atoms with Crippen molar-refractivity contribution < 1.29 is 4.79 Å².